The molecule has 20 heavy (non-hydrogen) atoms. The van der Waals surface area contributed by atoms with Gasteiger partial charge in [0.05, 0.1) is 10.2 Å². The maximum absolute atomic E-state index is 5.71. The van der Waals surface area contributed by atoms with Crippen molar-refractivity contribution in [3.8, 4) is 0 Å². The summed E-state index contributed by atoms with van der Waals surface area (Å²) in [6.07, 6.45) is 1.63. The first-order chi connectivity index (χ1) is 9.70. The van der Waals surface area contributed by atoms with E-state index in [4.69, 9.17) is 5.73 Å². The minimum absolute atomic E-state index is 0.541. The van der Waals surface area contributed by atoms with Crippen LogP contribution in [0.5, 0.6) is 0 Å². The fraction of sp³-hybridized carbons (Fsp3) is 0.200. The zero-order valence-electron chi connectivity index (χ0n) is 11.5. The lowest BCUT2D eigenvalue weighted by Crippen LogP contribution is -2.12. The Hall–Kier alpha value is -1.98. The first kappa shape index (κ1) is 13.0. The summed E-state index contributed by atoms with van der Waals surface area (Å²) < 4.78 is 1.12. The minimum atomic E-state index is 0.541. The molecule has 0 spiro atoms. The van der Waals surface area contributed by atoms with Crippen molar-refractivity contribution in [1.82, 2.24) is 9.97 Å². The molecule has 0 fully saturated rings. The van der Waals surface area contributed by atoms with Gasteiger partial charge in [0.2, 0.25) is 0 Å². The molecule has 3 rings (SSSR count). The van der Waals surface area contributed by atoms with Crippen molar-refractivity contribution in [2.45, 2.75) is 13.5 Å². The molecular weight excluding hydrogens is 268 g/mol. The monoisotopic (exact) mass is 284 g/mol. The lowest BCUT2D eigenvalue weighted by atomic mass is 10.2. The third-order valence-corrected chi connectivity index (χ3v) is 4.45. The molecule has 0 aliphatic carbocycles. The van der Waals surface area contributed by atoms with Crippen LogP contribution in [-0.4, -0.2) is 17.0 Å². The molecule has 0 saturated carbocycles. The van der Waals surface area contributed by atoms with Crippen LogP contribution in [0.4, 0.5) is 11.5 Å². The summed E-state index contributed by atoms with van der Waals surface area (Å²) in [5.41, 5.74) is 10.1. The number of anilines is 2. The van der Waals surface area contributed by atoms with Crippen molar-refractivity contribution in [2.75, 3.05) is 11.9 Å². The van der Waals surface area contributed by atoms with E-state index in [9.17, 15) is 0 Å². The van der Waals surface area contributed by atoms with Gasteiger partial charge in [-0.15, -0.1) is 11.3 Å². The summed E-state index contributed by atoms with van der Waals surface area (Å²) >= 11 is 1.68. The van der Waals surface area contributed by atoms with Crippen molar-refractivity contribution in [2.24, 2.45) is 5.73 Å². The molecule has 2 aromatic heterocycles. The maximum Gasteiger partial charge on any atom is 0.154 e. The van der Waals surface area contributed by atoms with Gasteiger partial charge in [-0.2, -0.15) is 0 Å². The molecule has 102 valence electrons. The van der Waals surface area contributed by atoms with E-state index >= 15 is 0 Å². The Labute approximate surface area is 121 Å². The minimum Gasteiger partial charge on any atom is -0.328 e. The fourth-order valence-corrected chi connectivity index (χ4v) is 3.24. The zero-order chi connectivity index (χ0) is 14.1. The third kappa shape index (κ3) is 2.15. The predicted octanol–water partition coefficient (Wildman–Crippen LogP) is 3.23. The maximum atomic E-state index is 5.71. The van der Waals surface area contributed by atoms with Crippen LogP contribution in [0.2, 0.25) is 0 Å². The number of aromatic nitrogens is 2. The quantitative estimate of drug-likeness (QED) is 0.802. The number of nitrogens with zero attached hydrogens (tertiary/aromatic N) is 3. The number of thiophene rings is 1. The Balaban J connectivity index is 2.10. The van der Waals surface area contributed by atoms with Crippen molar-refractivity contribution in [1.29, 1.82) is 0 Å². The molecule has 3 aromatic rings. The molecule has 0 saturated heterocycles. The molecule has 2 heterocycles. The second-order valence-corrected chi connectivity index (χ2v) is 5.61. The number of hydrogen-bond donors (Lipinski definition) is 1. The number of aryl methyl sites for hydroxylation is 1. The van der Waals surface area contributed by atoms with Crippen molar-refractivity contribution < 1.29 is 0 Å². The van der Waals surface area contributed by atoms with Gasteiger partial charge in [-0.05, 0) is 35.6 Å². The predicted molar refractivity (Wildman–Crippen MR) is 84.5 cm³/mol. The van der Waals surface area contributed by atoms with Gasteiger partial charge in [-0.1, -0.05) is 12.1 Å². The second-order valence-electron chi connectivity index (χ2n) is 4.73. The average molecular weight is 284 g/mol. The molecule has 0 aliphatic heterocycles. The van der Waals surface area contributed by atoms with Crippen molar-refractivity contribution >= 4 is 33.1 Å². The number of rotatable bonds is 3. The Bertz CT molecular complexity index is 750. The second kappa shape index (κ2) is 5.19. The Morgan fingerprint density at radius 3 is 2.95 bits per heavy atom. The van der Waals surface area contributed by atoms with Crippen LogP contribution in [0, 0.1) is 6.92 Å². The van der Waals surface area contributed by atoms with Gasteiger partial charge >= 0.3 is 0 Å². The summed E-state index contributed by atoms with van der Waals surface area (Å²) in [6.45, 7) is 2.61. The van der Waals surface area contributed by atoms with Crippen LogP contribution in [-0.2, 0) is 6.54 Å². The van der Waals surface area contributed by atoms with Gasteiger partial charge in [-0.3, -0.25) is 0 Å². The normalized spacial score (nSPS) is 10.9. The first-order valence-electron chi connectivity index (χ1n) is 6.42. The number of nitrogens with two attached hydrogens (primary N) is 1. The highest BCUT2D eigenvalue weighted by Gasteiger charge is 2.13. The van der Waals surface area contributed by atoms with Crippen LogP contribution in [0.15, 0.2) is 36.0 Å². The molecule has 1 aromatic carbocycles. The van der Waals surface area contributed by atoms with E-state index in [2.05, 4.69) is 39.3 Å². The van der Waals surface area contributed by atoms with Gasteiger partial charge < -0.3 is 10.6 Å². The highest BCUT2D eigenvalue weighted by Crippen LogP contribution is 2.33. The van der Waals surface area contributed by atoms with Gasteiger partial charge in [0.15, 0.2) is 5.82 Å². The van der Waals surface area contributed by atoms with Crippen LogP contribution >= 0.6 is 11.3 Å². The van der Waals surface area contributed by atoms with E-state index in [1.165, 1.54) is 5.56 Å². The van der Waals surface area contributed by atoms with Crippen molar-refractivity contribution in [3.63, 3.8) is 0 Å². The van der Waals surface area contributed by atoms with Crippen molar-refractivity contribution in [3.05, 3.63) is 47.1 Å². The molecule has 0 amide bonds. The summed E-state index contributed by atoms with van der Waals surface area (Å²) in [6, 6.07) is 8.20. The molecular formula is C15H16N4S. The molecule has 0 unspecified atom stereocenters. The third-order valence-electron chi connectivity index (χ3n) is 3.36. The highest BCUT2D eigenvalue weighted by atomic mass is 32.1. The summed E-state index contributed by atoms with van der Waals surface area (Å²) in [5.74, 6) is 0.933. The largest absolute Gasteiger partial charge is 0.328 e. The molecule has 0 radical (unpaired) electrons. The van der Waals surface area contributed by atoms with Gasteiger partial charge in [-0.25, -0.2) is 9.97 Å². The lowest BCUT2D eigenvalue weighted by Gasteiger charge is -2.19. The van der Waals surface area contributed by atoms with Gasteiger partial charge in [0.25, 0.3) is 0 Å². The Morgan fingerprint density at radius 1 is 1.30 bits per heavy atom. The average Bonchev–Trinajstić information content (AvgIpc) is 2.88. The summed E-state index contributed by atoms with van der Waals surface area (Å²) in [5, 5.41) is 2.12. The van der Waals surface area contributed by atoms with Crippen LogP contribution in [0.3, 0.4) is 0 Å². The molecule has 2 N–H and O–H groups in total. The SMILES string of the molecule is Cc1csc2c(N(C)c3cccc(CN)c3)ncnc12. The van der Waals surface area contributed by atoms with E-state index in [0.717, 1.165) is 27.3 Å². The molecule has 5 heteroatoms. The highest BCUT2D eigenvalue weighted by molar-refractivity contribution is 7.18. The van der Waals surface area contributed by atoms with Crippen LogP contribution in [0.1, 0.15) is 11.1 Å². The Morgan fingerprint density at radius 2 is 2.15 bits per heavy atom. The van der Waals surface area contributed by atoms with Gasteiger partial charge in [0, 0.05) is 19.3 Å². The van der Waals surface area contributed by atoms with E-state index in [-0.39, 0.29) is 0 Å². The van der Waals surface area contributed by atoms with E-state index < -0.39 is 0 Å². The summed E-state index contributed by atoms with van der Waals surface area (Å²) in [7, 11) is 2.02. The number of fused-ring (bicyclic) bond motifs is 1. The topological polar surface area (TPSA) is 55.0 Å². The number of benzene rings is 1. The van der Waals surface area contributed by atoms with E-state index in [1.807, 2.05) is 19.2 Å². The molecule has 0 aliphatic rings. The Kier molecular flexibility index (Phi) is 3.38. The molecule has 0 bridgehead atoms. The lowest BCUT2D eigenvalue weighted by molar-refractivity contribution is 1.06. The standard InChI is InChI=1S/C15H16N4S/c1-10-8-20-14-13(10)17-9-18-15(14)19(2)12-5-3-4-11(6-12)7-16/h3-6,8-9H,7,16H2,1-2H3. The van der Waals surface area contributed by atoms with Gasteiger partial charge in [0.1, 0.15) is 6.33 Å². The van der Waals surface area contributed by atoms with E-state index in [0.29, 0.717) is 6.54 Å². The zero-order valence-corrected chi connectivity index (χ0v) is 12.3. The van der Waals surface area contributed by atoms with Crippen LogP contribution in [0.25, 0.3) is 10.2 Å². The summed E-state index contributed by atoms with van der Waals surface area (Å²) in [4.78, 5) is 10.9. The molecule has 0 atom stereocenters. The van der Waals surface area contributed by atoms with E-state index in [1.54, 1.807) is 17.7 Å². The molecule has 4 nitrogen and oxygen atoms in total. The smallest absolute Gasteiger partial charge is 0.154 e. The first-order valence-corrected chi connectivity index (χ1v) is 7.30. The fourth-order valence-electron chi connectivity index (χ4n) is 2.21. The number of hydrogen-bond acceptors (Lipinski definition) is 5. The van der Waals surface area contributed by atoms with Crippen LogP contribution < -0.4 is 10.6 Å².